The van der Waals surface area contributed by atoms with Gasteiger partial charge in [0.1, 0.15) is 0 Å². The van der Waals surface area contributed by atoms with Crippen molar-refractivity contribution in [2.75, 3.05) is 23.9 Å². The molecule has 5 nitrogen and oxygen atoms in total. The van der Waals surface area contributed by atoms with Crippen molar-refractivity contribution in [3.05, 3.63) is 29.8 Å². The highest BCUT2D eigenvalue weighted by Crippen LogP contribution is 2.09. The van der Waals surface area contributed by atoms with Crippen LogP contribution in [0.25, 0.3) is 0 Å². The van der Waals surface area contributed by atoms with E-state index in [1.54, 1.807) is 23.9 Å². The average molecular weight is 282 g/mol. The number of carboxylic acids is 1. The molecule has 1 atom stereocenters. The number of carbonyl (C=O) groups excluding carboxylic acids is 1. The van der Waals surface area contributed by atoms with Crippen LogP contribution >= 0.6 is 11.8 Å². The number of carbonyl (C=O) groups is 2. The Balaban J connectivity index is 2.42. The van der Waals surface area contributed by atoms with Gasteiger partial charge >= 0.3 is 12.0 Å². The highest BCUT2D eigenvalue weighted by molar-refractivity contribution is 7.98. The Kier molecular flexibility index (Phi) is 6.21. The summed E-state index contributed by atoms with van der Waals surface area (Å²) < 4.78 is 0. The quantitative estimate of drug-likeness (QED) is 0.749. The van der Waals surface area contributed by atoms with Crippen LogP contribution < -0.4 is 10.6 Å². The topological polar surface area (TPSA) is 78.4 Å². The molecule has 0 aliphatic carbocycles. The predicted molar refractivity (Wildman–Crippen MR) is 78.0 cm³/mol. The number of nitrogens with one attached hydrogen (secondary N) is 2. The molecule has 1 aromatic carbocycles. The second-order valence-corrected chi connectivity index (χ2v) is 5.19. The third-order valence-electron chi connectivity index (χ3n) is 2.45. The zero-order valence-corrected chi connectivity index (χ0v) is 11.8. The van der Waals surface area contributed by atoms with Gasteiger partial charge in [0.05, 0.1) is 5.56 Å². The Morgan fingerprint density at radius 3 is 2.47 bits per heavy atom. The van der Waals surface area contributed by atoms with Crippen LogP contribution in [0.3, 0.4) is 0 Å². The van der Waals surface area contributed by atoms with Crippen LogP contribution in [-0.2, 0) is 0 Å². The number of hydrogen-bond acceptors (Lipinski definition) is 3. The van der Waals surface area contributed by atoms with E-state index in [2.05, 4.69) is 17.6 Å². The fourth-order valence-electron chi connectivity index (χ4n) is 1.48. The van der Waals surface area contributed by atoms with Gasteiger partial charge in [0.15, 0.2) is 0 Å². The van der Waals surface area contributed by atoms with E-state index in [0.717, 1.165) is 5.75 Å². The summed E-state index contributed by atoms with van der Waals surface area (Å²) >= 11 is 1.74. The van der Waals surface area contributed by atoms with Crippen LogP contribution in [0.4, 0.5) is 10.5 Å². The van der Waals surface area contributed by atoms with Gasteiger partial charge in [0, 0.05) is 12.2 Å². The smallest absolute Gasteiger partial charge is 0.335 e. The number of carboxylic acid groups (broad SMARTS) is 1. The van der Waals surface area contributed by atoms with Crippen molar-refractivity contribution in [1.29, 1.82) is 0 Å². The number of aromatic carboxylic acids is 1. The molecule has 19 heavy (non-hydrogen) atoms. The number of benzene rings is 1. The third kappa shape index (κ3) is 5.65. The van der Waals surface area contributed by atoms with E-state index < -0.39 is 5.97 Å². The normalized spacial score (nSPS) is 11.7. The monoisotopic (exact) mass is 282 g/mol. The van der Waals surface area contributed by atoms with E-state index in [-0.39, 0.29) is 11.6 Å². The van der Waals surface area contributed by atoms with Gasteiger partial charge in [-0.1, -0.05) is 6.92 Å². The van der Waals surface area contributed by atoms with Crippen LogP contribution in [0.1, 0.15) is 17.3 Å². The van der Waals surface area contributed by atoms with Crippen molar-refractivity contribution in [1.82, 2.24) is 5.32 Å². The van der Waals surface area contributed by atoms with Gasteiger partial charge < -0.3 is 15.7 Å². The molecule has 0 radical (unpaired) electrons. The molecule has 0 aliphatic heterocycles. The van der Waals surface area contributed by atoms with Gasteiger partial charge in [-0.25, -0.2) is 9.59 Å². The summed E-state index contributed by atoms with van der Waals surface area (Å²) in [6, 6.07) is 5.75. The molecule has 2 amide bonds. The first-order chi connectivity index (χ1) is 9.02. The first kappa shape index (κ1) is 15.4. The Labute approximate surface area is 116 Å². The van der Waals surface area contributed by atoms with Crippen LogP contribution in [0.2, 0.25) is 0 Å². The van der Waals surface area contributed by atoms with Gasteiger partial charge in [-0.2, -0.15) is 11.8 Å². The molecule has 0 saturated carbocycles. The Bertz CT molecular complexity index is 434. The average Bonchev–Trinajstić information content (AvgIpc) is 2.37. The molecule has 0 spiro atoms. The largest absolute Gasteiger partial charge is 0.478 e. The summed E-state index contributed by atoms with van der Waals surface area (Å²) in [5.74, 6) is 0.421. The summed E-state index contributed by atoms with van der Waals surface area (Å²) in [5.41, 5.74) is 0.763. The molecule has 0 fully saturated rings. The second-order valence-electron chi connectivity index (χ2n) is 4.28. The highest BCUT2D eigenvalue weighted by atomic mass is 32.2. The first-order valence-electron chi connectivity index (χ1n) is 5.90. The van der Waals surface area contributed by atoms with Crippen molar-refractivity contribution in [2.45, 2.75) is 6.92 Å². The molecule has 0 aliphatic rings. The number of rotatable bonds is 6. The molecule has 0 saturated heterocycles. The summed E-state index contributed by atoms with van der Waals surface area (Å²) in [5, 5.41) is 14.2. The molecule has 1 aromatic rings. The SMILES string of the molecule is CSCC(C)CNC(=O)Nc1ccc(C(=O)O)cc1. The summed E-state index contributed by atoms with van der Waals surface area (Å²) in [6.45, 7) is 2.68. The Hall–Kier alpha value is -1.69. The first-order valence-corrected chi connectivity index (χ1v) is 7.29. The van der Waals surface area contributed by atoms with Crippen molar-refractivity contribution in [2.24, 2.45) is 5.92 Å². The fraction of sp³-hybridized carbons (Fsp3) is 0.385. The van der Waals surface area contributed by atoms with Crippen molar-refractivity contribution in [3.63, 3.8) is 0 Å². The lowest BCUT2D eigenvalue weighted by atomic mass is 10.2. The maximum absolute atomic E-state index is 11.6. The Morgan fingerprint density at radius 2 is 1.95 bits per heavy atom. The number of amides is 2. The van der Waals surface area contributed by atoms with Gasteiger partial charge in [-0.3, -0.25) is 0 Å². The number of thioether (sulfide) groups is 1. The minimum Gasteiger partial charge on any atom is -0.478 e. The maximum atomic E-state index is 11.6. The predicted octanol–water partition coefficient (Wildman–Crippen LogP) is 2.51. The second kappa shape index (κ2) is 7.68. The van der Waals surface area contributed by atoms with Crippen molar-refractivity contribution >= 4 is 29.4 Å². The zero-order chi connectivity index (χ0) is 14.3. The van der Waals surface area contributed by atoms with E-state index in [1.807, 2.05) is 6.26 Å². The summed E-state index contributed by atoms with van der Waals surface area (Å²) in [6.07, 6.45) is 2.03. The number of anilines is 1. The van der Waals surface area contributed by atoms with Crippen molar-refractivity contribution < 1.29 is 14.7 Å². The van der Waals surface area contributed by atoms with E-state index in [9.17, 15) is 9.59 Å². The van der Waals surface area contributed by atoms with E-state index in [0.29, 0.717) is 18.2 Å². The lowest BCUT2D eigenvalue weighted by Gasteiger charge is -2.12. The molecule has 0 aromatic heterocycles. The third-order valence-corrected chi connectivity index (χ3v) is 3.35. The van der Waals surface area contributed by atoms with Crippen LogP contribution in [0.5, 0.6) is 0 Å². The van der Waals surface area contributed by atoms with Crippen molar-refractivity contribution in [3.8, 4) is 0 Å². The van der Waals surface area contributed by atoms with Gasteiger partial charge in [-0.05, 0) is 42.2 Å². The molecule has 0 bridgehead atoms. The molecule has 0 heterocycles. The molecular weight excluding hydrogens is 264 g/mol. The molecule has 1 unspecified atom stereocenters. The van der Waals surface area contributed by atoms with Crippen LogP contribution in [0.15, 0.2) is 24.3 Å². The van der Waals surface area contributed by atoms with Gasteiger partial charge in [0.25, 0.3) is 0 Å². The number of urea groups is 1. The minimum atomic E-state index is -0.984. The van der Waals surface area contributed by atoms with Gasteiger partial charge in [-0.15, -0.1) is 0 Å². The lowest BCUT2D eigenvalue weighted by Crippen LogP contribution is -2.32. The lowest BCUT2D eigenvalue weighted by molar-refractivity contribution is 0.0697. The molecule has 6 heteroatoms. The highest BCUT2D eigenvalue weighted by Gasteiger charge is 2.06. The number of hydrogen-bond donors (Lipinski definition) is 3. The molecular formula is C13H18N2O3S. The van der Waals surface area contributed by atoms with E-state index >= 15 is 0 Å². The van der Waals surface area contributed by atoms with Crippen LogP contribution in [0, 0.1) is 5.92 Å². The maximum Gasteiger partial charge on any atom is 0.335 e. The van der Waals surface area contributed by atoms with E-state index in [4.69, 9.17) is 5.11 Å². The zero-order valence-electron chi connectivity index (χ0n) is 11.0. The summed E-state index contributed by atoms with van der Waals surface area (Å²) in [4.78, 5) is 22.3. The molecule has 104 valence electrons. The fourth-order valence-corrected chi connectivity index (χ4v) is 2.17. The summed E-state index contributed by atoms with van der Waals surface area (Å²) in [7, 11) is 0. The molecule has 1 rings (SSSR count). The van der Waals surface area contributed by atoms with E-state index in [1.165, 1.54) is 12.1 Å². The van der Waals surface area contributed by atoms with Gasteiger partial charge in [0.2, 0.25) is 0 Å². The van der Waals surface area contributed by atoms with Crippen LogP contribution in [-0.4, -0.2) is 35.7 Å². The molecule has 3 N–H and O–H groups in total. The standard InChI is InChI=1S/C13H18N2O3S/c1-9(8-19-2)7-14-13(18)15-11-5-3-10(4-6-11)12(16)17/h3-6,9H,7-8H2,1-2H3,(H,16,17)(H2,14,15,18). The minimum absolute atomic E-state index is 0.194. The Morgan fingerprint density at radius 1 is 1.32 bits per heavy atom.